The van der Waals surface area contributed by atoms with Crippen LogP contribution in [-0.4, -0.2) is 24.8 Å². The molecule has 0 N–H and O–H groups in total. The summed E-state index contributed by atoms with van der Waals surface area (Å²) in [5, 5.41) is 0. The van der Waals surface area contributed by atoms with Crippen molar-refractivity contribution in [3.63, 3.8) is 0 Å². The summed E-state index contributed by atoms with van der Waals surface area (Å²) in [5.41, 5.74) is 0. The summed E-state index contributed by atoms with van der Waals surface area (Å²) in [6, 6.07) is 0. The Balaban J connectivity index is 2.34. The zero-order valence-corrected chi connectivity index (χ0v) is 6.47. The summed E-state index contributed by atoms with van der Waals surface area (Å²) in [6.07, 6.45) is -0.699. The fourth-order valence-corrected chi connectivity index (χ4v) is 0.912. The van der Waals surface area contributed by atoms with Crippen LogP contribution in [0, 0.1) is 5.92 Å². The highest BCUT2D eigenvalue weighted by atomic mass is 19.3. The minimum absolute atomic E-state index is 0.296. The zero-order valence-electron chi connectivity index (χ0n) is 6.47. The number of ketones is 1. The normalized spacial score (nSPS) is 24.8. The van der Waals surface area contributed by atoms with Crippen LogP contribution >= 0.6 is 0 Å². The standard InChI is InChI=1S/C7H8F2O3/c1-12-6(11)5(10)2-4-3-7(4,8)9/h4H,2-3H2,1H3. The first kappa shape index (κ1) is 9.09. The Labute approximate surface area is 67.7 Å². The molecule has 0 aromatic heterocycles. The number of halogens is 2. The van der Waals surface area contributed by atoms with Crippen molar-refractivity contribution in [1.82, 2.24) is 0 Å². The van der Waals surface area contributed by atoms with E-state index in [4.69, 9.17) is 0 Å². The Kier molecular flexibility index (Phi) is 2.12. The van der Waals surface area contributed by atoms with E-state index in [-0.39, 0.29) is 6.42 Å². The SMILES string of the molecule is COC(=O)C(=O)CC1CC1(F)F. The van der Waals surface area contributed by atoms with Gasteiger partial charge in [-0.25, -0.2) is 13.6 Å². The van der Waals surface area contributed by atoms with Gasteiger partial charge >= 0.3 is 5.97 Å². The van der Waals surface area contributed by atoms with Crippen LogP contribution in [-0.2, 0) is 14.3 Å². The van der Waals surface area contributed by atoms with E-state index in [9.17, 15) is 18.4 Å². The Morgan fingerprint density at radius 1 is 1.58 bits per heavy atom. The molecule has 0 aliphatic heterocycles. The van der Waals surface area contributed by atoms with Gasteiger partial charge in [0.05, 0.1) is 7.11 Å². The van der Waals surface area contributed by atoms with Crippen LogP contribution in [0.15, 0.2) is 0 Å². The number of carbonyl (C=O) groups is 2. The monoisotopic (exact) mass is 178 g/mol. The molecule has 12 heavy (non-hydrogen) atoms. The highest BCUT2D eigenvalue weighted by Gasteiger charge is 2.57. The lowest BCUT2D eigenvalue weighted by Gasteiger charge is -1.96. The largest absolute Gasteiger partial charge is 0.463 e. The van der Waals surface area contributed by atoms with Crippen molar-refractivity contribution in [3.05, 3.63) is 0 Å². The lowest BCUT2D eigenvalue weighted by Crippen LogP contribution is -2.16. The van der Waals surface area contributed by atoms with E-state index in [0.29, 0.717) is 0 Å². The van der Waals surface area contributed by atoms with Crippen LogP contribution in [0.3, 0.4) is 0 Å². The van der Waals surface area contributed by atoms with Crippen LogP contribution in [0.1, 0.15) is 12.8 Å². The number of methoxy groups -OCH3 is 1. The van der Waals surface area contributed by atoms with E-state index in [0.717, 1.165) is 7.11 Å². The molecule has 1 unspecified atom stereocenters. The summed E-state index contributed by atoms with van der Waals surface area (Å²) in [5.74, 6) is -5.62. The molecule has 5 heteroatoms. The third-order valence-electron chi connectivity index (χ3n) is 1.80. The maximum Gasteiger partial charge on any atom is 0.374 e. The molecule has 3 nitrogen and oxygen atoms in total. The number of esters is 1. The Morgan fingerprint density at radius 3 is 2.42 bits per heavy atom. The van der Waals surface area contributed by atoms with Gasteiger partial charge in [0.15, 0.2) is 0 Å². The third-order valence-corrected chi connectivity index (χ3v) is 1.80. The molecule has 0 aromatic carbocycles. The average Bonchev–Trinajstić information content (AvgIpc) is 2.57. The molecule has 0 bridgehead atoms. The second kappa shape index (κ2) is 2.80. The Bertz CT molecular complexity index is 225. The summed E-state index contributed by atoms with van der Waals surface area (Å²) in [6.45, 7) is 0. The summed E-state index contributed by atoms with van der Waals surface area (Å²) < 4.78 is 28.5. The van der Waals surface area contributed by atoms with Gasteiger partial charge in [0.2, 0.25) is 5.78 Å². The number of carbonyl (C=O) groups excluding carboxylic acids is 2. The maximum absolute atomic E-state index is 12.2. The third kappa shape index (κ3) is 1.78. The van der Waals surface area contributed by atoms with Crippen molar-refractivity contribution < 1.29 is 23.1 Å². The first-order valence-electron chi connectivity index (χ1n) is 3.46. The Hall–Kier alpha value is -1.00. The van der Waals surface area contributed by atoms with Crippen molar-refractivity contribution in [2.24, 2.45) is 5.92 Å². The topological polar surface area (TPSA) is 43.4 Å². The number of hydrogen-bond donors (Lipinski definition) is 0. The molecule has 1 aliphatic rings. The second-order valence-electron chi connectivity index (χ2n) is 2.78. The maximum atomic E-state index is 12.2. The zero-order chi connectivity index (χ0) is 9.35. The molecular formula is C7H8F2O3. The van der Waals surface area contributed by atoms with E-state index in [1.807, 2.05) is 0 Å². The molecule has 1 aliphatic carbocycles. The number of alkyl halides is 2. The minimum Gasteiger partial charge on any atom is -0.463 e. The molecule has 68 valence electrons. The molecule has 1 rings (SSSR count). The van der Waals surface area contributed by atoms with Crippen LogP contribution in [0.2, 0.25) is 0 Å². The number of hydrogen-bond acceptors (Lipinski definition) is 3. The van der Waals surface area contributed by atoms with Gasteiger partial charge in [-0.3, -0.25) is 4.79 Å². The fraction of sp³-hybridized carbons (Fsp3) is 0.714. The van der Waals surface area contributed by atoms with Gasteiger partial charge in [0.1, 0.15) is 0 Å². The van der Waals surface area contributed by atoms with Crippen molar-refractivity contribution >= 4 is 11.8 Å². The van der Waals surface area contributed by atoms with Crippen molar-refractivity contribution in [3.8, 4) is 0 Å². The molecular weight excluding hydrogens is 170 g/mol. The molecule has 1 saturated carbocycles. The molecule has 0 spiro atoms. The van der Waals surface area contributed by atoms with Crippen molar-refractivity contribution in [2.75, 3.05) is 7.11 Å². The van der Waals surface area contributed by atoms with E-state index >= 15 is 0 Å². The predicted octanol–water partition coefficient (Wildman–Crippen LogP) is 0.774. The van der Waals surface area contributed by atoms with Gasteiger partial charge in [-0.15, -0.1) is 0 Å². The van der Waals surface area contributed by atoms with E-state index in [2.05, 4.69) is 4.74 Å². The van der Waals surface area contributed by atoms with Gasteiger partial charge < -0.3 is 4.74 Å². The molecule has 0 amide bonds. The smallest absolute Gasteiger partial charge is 0.374 e. The van der Waals surface area contributed by atoms with E-state index < -0.39 is 30.0 Å². The van der Waals surface area contributed by atoms with Crippen LogP contribution < -0.4 is 0 Å². The number of Topliss-reactive ketones (excluding diaryl/α,β-unsaturated/α-hetero) is 1. The predicted molar refractivity (Wildman–Crippen MR) is 34.7 cm³/mol. The quantitative estimate of drug-likeness (QED) is 0.473. The highest BCUT2D eigenvalue weighted by Crippen LogP contribution is 2.50. The number of rotatable bonds is 3. The summed E-state index contributed by atoms with van der Waals surface area (Å²) >= 11 is 0. The van der Waals surface area contributed by atoms with Gasteiger partial charge in [-0.2, -0.15) is 0 Å². The average molecular weight is 178 g/mol. The molecule has 1 atom stereocenters. The second-order valence-corrected chi connectivity index (χ2v) is 2.78. The van der Waals surface area contributed by atoms with Crippen LogP contribution in [0.25, 0.3) is 0 Å². The Morgan fingerprint density at radius 2 is 2.08 bits per heavy atom. The van der Waals surface area contributed by atoms with Crippen LogP contribution in [0.4, 0.5) is 8.78 Å². The molecule has 0 aromatic rings. The van der Waals surface area contributed by atoms with Gasteiger partial charge in [0.25, 0.3) is 5.92 Å². The first-order chi connectivity index (χ1) is 5.47. The van der Waals surface area contributed by atoms with E-state index in [1.165, 1.54) is 0 Å². The first-order valence-corrected chi connectivity index (χ1v) is 3.46. The van der Waals surface area contributed by atoms with Gasteiger partial charge in [-0.05, 0) is 0 Å². The fourth-order valence-electron chi connectivity index (χ4n) is 0.912. The van der Waals surface area contributed by atoms with Gasteiger partial charge in [-0.1, -0.05) is 0 Å². The van der Waals surface area contributed by atoms with Gasteiger partial charge in [0, 0.05) is 18.8 Å². The molecule has 0 saturated heterocycles. The molecule has 0 heterocycles. The number of ether oxygens (including phenoxy) is 1. The lowest BCUT2D eigenvalue weighted by atomic mass is 10.2. The minimum atomic E-state index is -2.75. The lowest BCUT2D eigenvalue weighted by molar-refractivity contribution is -0.152. The van der Waals surface area contributed by atoms with Crippen molar-refractivity contribution in [2.45, 2.75) is 18.8 Å². The summed E-state index contributed by atoms with van der Waals surface area (Å²) in [7, 11) is 1.05. The summed E-state index contributed by atoms with van der Waals surface area (Å²) in [4.78, 5) is 21.2. The molecule has 1 fully saturated rings. The van der Waals surface area contributed by atoms with Crippen molar-refractivity contribution in [1.29, 1.82) is 0 Å². The molecule has 0 radical (unpaired) electrons. The van der Waals surface area contributed by atoms with E-state index in [1.54, 1.807) is 0 Å². The van der Waals surface area contributed by atoms with Crippen LogP contribution in [0.5, 0.6) is 0 Å². The highest BCUT2D eigenvalue weighted by molar-refractivity contribution is 6.33.